The number of Topliss-reactive ketones (excluding diaryl/α,β-unsaturated/α-hetero) is 1. The van der Waals surface area contributed by atoms with E-state index in [0.29, 0.717) is 11.5 Å². The molecule has 0 amide bonds. The van der Waals surface area contributed by atoms with Crippen LogP contribution in [0.2, 0.25) is 0 Å². The summed E-state index contributed by atoms with van der Waals surface area (Å²) in [6, 6.07) is 9.15. The minimum absolute atomic E-state index is 0.0109. The second-order valence-electron chi connectivity index (χ2n) is 11.4. The maximum absolute atomic E-state index is 14.3. The molecule has 0 aliphatic heterocycles. The smallest absolute Gasteiger partial charge is 0.310 e. The Hall–Kier alpha value is -2.28. The standard InChI is InChI=1S/C28H34O6/c1-15-13-27-16(2)10-20-22(26(20,3)4)19(24(27)32)12-18(14-29)23(31)28(27,33)25(15)34-21(30)11-17-8-6-5-7-9-17/h5-9,12-13,16,19-20,22-23,25,29,31,33H,10-11,14H2,1-4H3. The highest BCUT2D eigenvalue weighted by Crippen LogP contribution is 2.71. The van der Waals surface area contributed by atoms with Gasteiger partial charge in [0.2, 0.25) is 0 Å². The molecule has 1 aromatic rings. The van der Waals surface area contributed by atoms with Gasteiger partial charge in [0.1, 0.15) is 6.10 Å². The number of hydrogen-bond acceptors (Lipinski definition) is 6. The summed E-state index contributed by atoms with van der Waals surface area (Å²) in [6.45, 7) is 7.51. The summed E-state index contributed by atoms with van der Waals surface area (Å²) in [7, 11) is 0. The zero-order chi connectivity index (χ0) is 24.6. The Morgan fingerprint density at radius 2 is 1.88 bits per heavy atom. The molecule has 4 aliphatic carbocycles. The van der Waals surface area contributed by atoms with Crippen molar-refractivity contribution < 1.29 is 29.6 Å². The van der Waals surface area contributed by atoms with Gasteiger partial charge in [-0.2, -0.15) is 0 Å². The van der Waals surface area contributed by atoms with Gasteiger partial charge in [-0.1, -0.05) is 63.3 Å². The number of ketones is 1. The minimum Gasteiger partial charge on any atom is -0.454 e. The normalized spacial score (nSPS) is 41.9. The van der Waals surface area contributed by atoms with Gasteiger partial charge in [0, 0.05) is 5.92 Å². The summed E-state index contributed by atoms with van der Waals surface area (Å²) in [5.41, 5.74) is -1.99. The van der Waals surface area contributed by atoms with Gasteiger partial charge in [0.05, 0.1) is 18.4 Å². The maximum Gasteiger partial charge on any atom is 0.310 e. The Morgan fingerprint density at radius 1 is 1.21 bits per heavy atom. The number of aliphatic hydroxyl groups excluding tert-OH is 2. The second-order valence-corrected chi connectivity index (χ2v) is 11.4. The fourth-order valence-electron chi connectivity index (χ4n) is 7.53. The third-order valence-corrected chi connectivity index (χ3v) is 9.34. The zero-order valence-electron chi connectivity index (χ0n) is 20.2. The van der Waals surface area contributed by atoms with E-state index in [1.54, 1.807) is 19.1 Å². The molecule has 8 atom stereocenters. The number of carbonyl (C=O) groups is 2. The molecule has 6 nitrogen and oxygen atoms in total. The van der Waals surface area contributed by atoms with Gasteiger partial charge in [-0.3, -0.25) is 9.59 Å². The first-order valence-corrected chi connectivity index (χ1v) is 12.2. The molecular formula is C28H34O6. The molecule has 34 heavy (non-hydrogen) atoms. The summed E-state index contributed by atoms with van der Waals surface area (Å²) in [6.07, 6.45) is 1.43. The van der Waals surface area contributed by atoms with Crippen molar-refractivity contribution in [2.24, 2.45) is 34.5 Å². The van der Waals surface area contributed by atoms with Gasteiger partial charge in [0.25, 0.3) is 0 Å². The van der Waals surface area contributed by atoms with E-state index in [1.165, 1.54) is 0 Å². The number of carbonyl (C=O) groups excluding carboxylic acids is 2. The van der Waals surface area contributed by atoms with Crippen LogP contribution < -0.4 is 0 Å². The lowest BCUT2D eigenvalue weighted by Gasteiger charge is -2.48. The number of ether oxygens (including phenoxy) is 1. The lowest BCUT2D eigenvalue weighted by Crippen LogP contribution is -2.65. The fraction of sp³-hybridized carbons (Fsp3) is 0.571. The van der Waals surface area contributed by atoms with Crippen molar-refractivity contribution in [2.75, 3.05) is 6.61 Å². The largest absolute Gasteiger partial charge is 0.454 e. The number of hydrogen-bond donors (Lipinski definition) is 3. The average Bonchev–Trinajstić information content (AvgIpc) is 3.28. The monoisotopic (exact) mass is 466 g/mol. The second kappa shape index (κ2) is 7.61. The van der Waals surface area contributed by atoms with Crippen LogP contribution in [-0.2, 0) is 20.7 Å². The summed E-state index contributed by atoms with van der Waals surface area (Å²) in [4.78, 5) is 27.2. The van der Waals surface area contributed by atoms with E-state index in [4.69, 9.17) is 4.74 Å². The van der Waals surface area contributed by atoms with E-state index in [9.17, 15) is 24.9 Å². The quantitative estimate of drug-likeness (QED) is 0.466. The van der Waals surface area contributed by atoms with Crippen molar-refractivity contribution in [3.05, 3.63) is 59.2 Å². The van der Waals surface area contributed by atoms with Crippen molar-refractivity contribution in [1.82, 2.24) is 0 Å². The molecule has 1 aromatic carbocycles. The van der Waals surface area contributed by atoms with Gasteiger partial charge >= 0.3 is 5.97 Å². The third-order valence-electron chi connectivity index (χ3n) is 9.34. The van der Waals surface area contributed by atoms with Crippen LogP contribution in [0.1, 0.15) is 39.7 Å². The average molecular weight is 467 g/mol. The van der Waals surface area contributed by atoms with Crippen molar-refractivity contribution in [3.8, 4) is 0 Å². The summed E-state index contributed by atoms with van der Waals surface area (Å²) >= 11 is 0. The molecule has 2 saturated carbocycles. The van der Waals surface area contributed by atoms with Crippen LogP contribution >= 0.6 is 0 Å². The van der Waals surface area contributed by atoms with Gasteiger partial charge in [0.15, 0.2) is 17.5 Å². The highest BCUT2D eigenvalue weighted by atomic mass is 16.6. The molecule has 182 valence electrons. The minimum atomic E-state index is -2.09. The zero-order valence-corrected chi connectivity index (χ0v) is 20.2. The number of benzene rings is 1. The molecule has 0 heterocycles. The first kappa shape index (κ1) is 23.5. The van der Waals surface area contributed by atoms with E-state index < -0.39 is 41.7 Å². The molecule has 5 rings (SSSR count). The number of rotatable bonds is 4. The molecule has 2 fully saturated rings. The van der Waals surface area contributed by atoms with Crippen molar-refractivity contribution in [1.29, 1.82) is 0 Å². The van der Waals surface area contributed by atoms with E-state index in [2.05, 4.69) is 13.8 Å². The number of fused-ring (bicyclic) bond motifs is 3. The van der Waals surface area contributed by atoms with E-state index >= 15 is 0 Å². The topological polar surface area (TPSA) is 104 Å². The number of aliphatic hydroxyl groups is 3. The third kappa shape index (κ3) is 2.91. The van der Waals surface area contributed by atoms with Gasteiger partial charge in [-0.15, -0.1) is 0 Å². The summed E-state index contributed by atoms with van der Waals surface area (Å²) in [5, 5.41) is 34.0. The van der Waals surface area contributed by atoms with Crippen LogP contribution in [0.3, 0.4) is 0 Å². The van der Waals surface area contributed by atoms with Crippen molar-refractivity contribution in [3.63, 3.8) is 0 Å². The maximum atomic E-state index is 14.3. The Morgan fingerprint density at radius 3 is 2.53 bits per heavy atom. The lowest BCUT2D eigenvalue weighted by atomic mass is 9.59. The Balaban J connectivity index is 1.58. The van der Waals surface area contributed by atoms with Crippen molar-refractivity contribution >= 4 is 11.8 Å². The predicted molar refractivity (Wildman–Crippen MR) is 125 cm³/mol. The number of esters is 1. The molecule has 2 bridgehead atoms. The molecule has 6 heteroatoms. The number of allylic oxidation sites excluding steroid dienone is 1. The Labute approximate surface area is 200 Å². The first-order chi connectivity index (χ1) is 16.0. The molecule has 0 radical (unpaired) electrons. The van der Waals surface area contributed by atoms with Crippen LogP contribution in [0.25, 0.3) is 0 Å². The first-order valence-electron chi connectivity index (χ1n) is 12.2. The van der Waals surface area contributed by atoms with Gasteiger partial charge in [-0.05, 0) is 53.2 Å². The van der Waals surface area contributed by atoms with E-state index in [1.807, 2.05) is 37.3 Å². The Kier molecular flexibility index (Phi) is 5.25. The predicted octanol–water partition coefficient (Wildman–Crippen LogP) is 2.61. The van der Waals surface area contributed by atoms with Gasteiger partial charge in [-0.25, -0.2) is 0 Å². The fourth-order valence-corrected chi connectivity index (χ4v) is 7.53. The van der Waals surface area contributed by atoms with E-state index in [-0.39, 0.29) is 35.0 Å². The van der Waals surface area contributed by atoms with Crippen LogP contribution in [0.4, 0.5) is 0 Å². The Bertz CT molecular complexity index is 1090. The highest BCUT2D eigenvalue weighted by Gasteiger charge is 2.76. The molecule has 8 unspecified atom stereocenters. The molecule has 1 spiro atoms. The van der Waals surface area contributed by atoms with Crippen molar-refractivity contribution in [2.45, 2.75) is 58.3 Å². The molecular weight excluding hydrogens is 432 g/mol. The summed E-state index contributed by atoms with van der Waals surface area (Å²) < 4.78 is 5.84. The SMILES string of the molecule is CC1=CC23C(=O)C(C=C(CO)C(O)C2(O)C1OC(=O)Cc1ccccc1)C1C(CC3C)C1(C)C. The molecule has 0 saturated heterocycles. The van der Waals surface area contributed by atoms with Crippen LogP contribution in [0.15, 0.2) is 53.6 Å². The molecule has 0 aromatic heterocycles. The van der Waals surface area contributed by atoms with E-state index in [0.717, 1.165) is 12.0 Å². The van der Waals surface area contributed by atoms with Crippen LogP contribution in [-0.4, -0.2) is 51.5 Å². The molecule has 3 N–H and O–H groups in total. The lowest BCUT2D eigenvalue weighted by molar-refractivity contribution is -0.203. The highest BCUT2D eigenvalue weighted by molar-refractivity contribution is 5.95. The molecule has 4 aliphatic rings. The van der Waals surface area contributed by atoms with Crippen LogP contribution in [0.5, 0.6) is 0 Å². The summed E-state index contributed by atoms with van der Waals surface area (Å²) in [5.74, 6) is -1.10. The van der Waals surface area contributed by atoms with Crippen LogP contribution in [0, 0.1) is 34.5 Å². The van der Waals surface area contributed by atoms with Gasteiger partial charge < -0.3 is 20.1 Å².